The fraction of sp³-hybridized carbons (Fsp3) is 0.0588. The fourth-order valence-electron chi connectivity index (χ4n) is 2.36. The van der Waals surface area contributed by atoms with Crippen LogP contribution in [0.15, 0.2) is 47.5 Å². The van der Waals surface area contributed by atoms with Crippen molar-refractivity contribution in [2.75, 3.05) is 12.4 Å². The van der Waals surface area contributed by atoms with E-state index < -0.39 is 11.8 Å². The van der Waals surface area contributed by atoms with Crippen LogP contribution in [-0.2, 0) is 0 Å². The van der Waals surface area contributed by atoms with E-state index in [4.69, 9.17) is 4.74 Å². The van der Waals surface area contributed by atoms with Crippen LogP contribution < -0.4 is 10.1 Å². The van der Waals surface area contributed by atoms with Crippen molar-refractivity contribution >= 4 is 40.9 Å². The number of anilines is 2. The van der Waals surface area contributed by atoms with Gasteiger partial charge in [0.15, 0.2) is 0 Å². The zero-order chi connectivity index (χ0) is 17.3. The van der Waals surface area contributed by atoms with Gasteiger partial charge in [0.05, 0.1) is 29.6 Å². The average molecular weight is 344 g/mol. The van der Waals surface area contributed by atoms with Crippen molar-refractivity contribution in [3.63, 3.8) is 0 Å². The Balaban J connectivity index is 2.15. The molecule has 122 valence electrons. The largest absolute Gasteiger partial charge is 0.497 e. The zero-order valence-corrected chi connectivity index (χ0v) is 13.5. The van der Waals surface area contributed by atoms with Crippen molar-refractivity contribution in [1.29, 1.82) is 0 Å². The van der Waals surface area contributed by atoms with Gasteiger partial charge >= 0.3 is 5.97 Å². The van der Waals surface area contributed by atoms with Crippen molar-refractivity contribution < 1.29 is 19.0 Å². The van der Waals surface area contributed by atoms with E-state index in [0.717, 1.165) is 0 Å². The SMILES string of the molecule is COc1ccc(Nc2c(S)cnc3ccc(F)cc23)c(C(=O)O)c1. The van der Waals surface area contributed by atoms with Gasteiger partial charge in [-0.25, -0.2) is 9.18 Å². The second-order valence-electron chi connectivity index (χ2n) is 5.02. The van der Waals surface area contributed by atoms with Crippen LogP contribution in [0.25, 0.3) is 10.9 Å². The van der Waals surface area contributed by atoms with Crippen LogP contribution in [0.2, 0.25) is 0 Å². The molecule has 3 aromatic rings. The third kappa shape index (κ3) is 2.98. The van der Waals surface area contributed by atoms with E-state index in [9.17, 15) is 14.3 Å². The minimum absolute atomic E-state index is 0.0310. The summed E-state index contributed by atoms with van der Waals surface area (Å²) < 4.78 is 18.7. The second kappa shape index (κ2) is 6.37. The highest BCUT2D eigenvalue weighted by Crippen LogP contribution is 2.33. The van der Waals surface area contributed by atoms with E-state index in [1.807, 2.05) is 0 Å². The predicted octanol–water partition coefficient (Wildman–Crippen LogP) is 4.11. The van der Waals surface area contributed by atoms with Gasteiger partial charge in [0.25, 0.3) is 0 Å². The number of carboxylic acid groups (broad SMARTS) is 1. The van der Waals surface area contributed by atoms with E-state index in [1.54, 1.807) is 18.2 Å². The number of aromatic carboxylic acids is 1. The number of ether oxygens (including phenoxy) is 1. The highest BCUT2D eigenvalue weighted by atomic mass is 32.1. The number of rotatable bonds is 4. The average Bonchev–Trinajstić information content (AvgIpc) is 2.57. The van der Waals surface area contributed by atoms with E-state index in [0.29, 0.717) is 32.9 Å². The molecule has 0 radical (unpaired) electrons. The van der Waals surface area contributed by atoms with Crippen LogP contribution in [0, 0.1) is 5.82 Å². The monoisotopic (exact) mass is 344 g/mol. The molecule has 0 bridgehead atoms. The predicted molar refractivity (Wildman–Crippen MR) is 92.2 cm³/mol. The molecule has 5 nitrogen and oxygen atoms in total. The number of pyridine rings is 1. The van der Waals surface area contributed by atoms with Gasteiger partial charge in [0.1, 0.15) is 11.6 Å². The molecule has 2 aromatic carbocycles. The molecule has 1 aromatic heterocycles. The normalized spacial score (nSPS) is 10.6. The van der Waals surface area contributed by atoms with Crippen LogP contribution in [0.1, 0.15) is 10.4 Å². The van der Waals surface area contributed by atoms with Crippen molar-refractivity contribution in [2.24, 2.45) is 0 Å². The van der Waals surface area contributed by atoms with Gasteiger partial charge in [0.2, 0.25) is 0 Å². The maximum atomic E-state index is 13.6. The fourth-order valence-corrected chi connectivity index (χ4v) is 2.59. The maximum Gasteiger partial charge on any atom is 0.337 e. The number of carboxylic acids is 1. The molecular weight excluding hydrogens is 331 g/mol. The molecule has 24 heavy (non-hydrogen) atoms. The van der Waals surface area contributed by atoms with Crippen molar-refractivity contribution in [3.05, 3.63) is 54.0 Å². The number of nitrogens with one attached hydrogen (secondary N) is 1. The number of hydrogen-bond donors (Lipinski definition) is 3. The van der Waals surface area contributed by atoms with Crippen LogP contribution in [0.5, 0.6) is 5.75 Å². The Kier molecular flexibility index (Phi) is 4.26. The van der Waals surface area contributed by atoms with Gasteiger partial charge in [-0.05, 0) is 36.4 Å². The van der Waals surface area contributed by atoms with Crippen molar-refractivity contribution in [2.45, 2.75) is 4.90 Å². The lowest BCUT2D eigenvalue weighted by atomic mass is 10.1. The summed E-state index contributed by atoms with van der Waals surface area (Å²) in [6, 6.07) is 8.82. The molecule has 0 aliphatic rings. The summed E-state index contributed by atoms with van der Waals surface area (Å²) in [5.74, 6) is -1.10. The first-order valence-electron chi connectivity index (χ1n) is 6.95. The summed E-state index contributed by atoms with van der Waals surface area (Å²) in [6.45, 7) is 0. The van der Waals surface area contributed by atoms with Gasteiger partial charge in [-0.15, -0.1) is 12.6 Å². The highest BCUT2D eigenvalue weighted by molar-refractivity contribution is 7.80. The first kappa shape index (κ1) is 16.1. The van der Waals surface area contributed by atoms with E-state index in [1.165, 1.54) is 31.5 Å². The van der Waals surface area contributed by atoms with E-state index in [2.05, 4.69) is 22.9 Å². The quantitative estimate of drug-likeness (QED) is 0.621. The number of halogens is 1. The molecule has 0 aliphatic heterocycles. The topological polar surface area (TPSA) is 71.5 Å². The number of aromatic nitrogens is 1. The molecule has 0 aliphatic carbocycles. The minimum Gasteiger partial charge on any atom is -0.497 e. The van der Waals surface area contributed by atoms with Crippen LogP contribution in [-0.4, -0.2) is 23.2 Å². The molecule has 0 saturated heterocycles. The smallest absolute Gasteiger partial charge is 0.337 e. The summed E-state index contributed by atoms with van der Waals surface area (Å²) in [7, 11) is 1.46. The van der Waals surface area contributed by atoms with Gasteiger partial charge in [-0.2, -0.15) is 0 Å². The molecule has 0 spiro atoms. The van der Waals surface area contributed by atoms with E-state index in [-0.39, 0.29) is 5.56 Å². The Labute approximate surface area is 142 Å². The molecule has 0 unspecified atom stereocenters. The van der Waals surface area contributed by atoms with Crippen molar-refractivity contribution in [3.8, 4) is 5.75 Å². The lowest BCUT2D eigenvalue weighted by Crippen LogP contribution is -2.04. The van der Waals surface area contributed by atoms with Gasteiger partial charge in [-0.1, -0.05) is 0 Å². The Morgan fingerprint density at radius 2 is 2.08 bits per heavy atom. The zero-order valence-electron chi connectivity index (χ0n) is 12.6. The molecule has 1 heterocycles. The maximum absolute atomic E-state index is 13.6. The van der Waals surface area contributed by atoms with Crippen LogP contribution in [0.3, 0.4) is 0 Å². The minimum atomic E-state index is -1.11. The second-order valence-corrected chi connectivity index (χ2v) is 5.50. The third-order valence-electron chi connectivity index (χ3n) is 3.53. The molecule has 7 heteroatoms. The Morgan fingerprint density at radius 1 is 1.29 bits per heavy atom. The van der Waals surface area contributed by atoms with E-state index >= 15 is 0 Å². The number of carbonyl (C=O) groups is 1. The molecule has 2 N–H and O–H groups in total. The Hall–Kier alpha value is -2.80. The van der Waals surface area contributed by atoms with Crippen LogP contribution >= 0.6 is 12.6 Å². The summed E-state index contributed by atoms with van der Waals surface area (Å²) in [5, 5.41) is 12.9. The molecule has 3 rings (SSSR count). The first-order valence-corrected chi connectivity index (χ1v) is 7.40. The van der Waals surface area contributed by atoms with Gasteiger partial charge in [0, 0.05) is 16.5 Å². The Bertz CT molecular complexity index is 941. The summed E-state index contributed by atoms with van der Waals surface area (Å²) in [4.78, 5) is 16.2. The van der Waals surface area contributed by atoms with Gasteiger partial charge in [-0.3, -0.25) is 4.98 Å². The summed E-state index contributed by atoms with van der Waals surface area (Å²) >= 11 is 4.34. The first-order chi connectivity index (χ1) is 11.5. The Morgan fingerprint density at radius 3 is 2.79 bits per heavy atom. The molecular formula is C17H13FN2O3S. The van der Waals surface area contributed by atoms with Crippen molar-refractivity contribution in [1.82, 2.24) is 4.98 Å². The number of benzene rings is 2. The third-order valence-corrected chi connectivity index (χ3v) is 3.87. The molecule has 0 atom stereocenters. The number of thiol groups is 1. The molecule has 0 saturated carbocycles. The lowest BCUT2D eigenvalue weighted by Gasteiger charge is -2.14. The number of hydrogen-bond acceptors (Lipinski definition) is 5. The molecule has 0 amide bonds. The highest BCUT2D eigenvalue weighted by Gasteiger charge is 2.15. The number of fused-ring (bicyclic) bond motifs is 1. The summed E-state index contributed by atoms with van der Waals surface area (Å²) in [5.41, 5.74) is 1.43. The van der Waals surface area contributed by atoms with Crippen LogP contribution in [0.4, 0.5) is 15.8 Å². The lowest BCUT2D eigenvalue weighted by molar-refractivity contribution is 0.0697. The standard InChI is InChI=1S/C17H13FN2O3S/c1-23-10-3-5-14(12(7-10)17(21)22)20-16-11-6-9(18)2-4-13(11)19-8-15(16)24/h2-8,24H,1H3,(H,19,20)(H,21,22). The number of nitrogens with zero attached hydrogens (tertiary/aromatic N) is 1. The summed E-state index contributed by atoms with van der Waals surface area (Å²) in [6.07, 6.45) is 1.52. The number of methoxy groups -OCH3 is 1. The molecule has 0 fully saturated rings. The van der Waals surface area contributed by atoms with Gasteiger partial charge < -0.3 is 15.2 Å².